The van der Waals surface area contributed by atoms with E-state index < -0.39 is 0 Å². The van der Waals surface area contributed by atoms with Crippen LogP contribution >= 0.6 is 0 Å². The number of methoxy groups -OCH3 is 1. The monoisotopic (exact) mass is 659 g/mol. The first-order valence-corrected chi connectivity index (χ1v) is 17.6. The predicted molar refractivity (Wildman–Crippen MR) is 184 cm³/mol. The summed E-state index contributed by atoms with van der Waals surface area (Å²) in [5.41, 5.74) is 11.1. The molecule has 3 atom stereocenters. The molecule has 12 nitrogen and oxygen atoms in total. The number of piperidine rings is 2. The van der Waals surface area contributed by atoms with Gasteiger partial charge in [0.15, 0.2) is 5.82 Å². The van der Waals surface area contributed by atoms with Gasteiger partial charge in [-0.05, 0) is 92.7 Å². The number of hydrogen-bond donors (Lipinski definition) is 1. The van der Waals surface area contributed by atoms with Crippen LogP contribution in [0.1, 0.15) is 59.4 Å². The minimum atomic E-state index is -0.0576. The smallest absolute Gasteiger partial charge is 0.272 e. The molecule has 2 unspecified atom stereocenters. The van der Waals surface area contributed by atoms with Crippen molar-refractivity contribution in [3.63, 3.8) is 0 Å². The van der Waals surface area contributed by atoms with Crippen LogP contribution in [0.15, 0.2) is 55.1 Å². The van der Waals surface area contributed by atoms with Crippen LogP contribution in [-0.2, 0) is 13.1 Å². The number of fused-ring (bicyclic) bond motifs is 4. The van der Waals surface area contributed by atoms with Gasteiger partial charge in [-0.3, -0.25) is 9.59 Å². The van der Waals surface area contributed by atoms with Crippen LogP contribution in [0, 0.1) is 17.8 Å². The van der Waals surface area contributed by atoms with Gasteiger partial charge in [0.05, 0.1) is 18.3 Å². The van der Waals surface area contributed by atoms with Gasteiger partial charge in [0.2, 0.25) is 0 Å². The Balaban J connectivity index is 1.11. The number of aromatic nitrogens is 6. The van der Waals surface area contributed by atoms with Crippen molar-refractivity contribution in [1.29, 1.82) is 0 Å². The first-order chi connectivity index (χ1) is 24.0. The van der Waals surface area contributed by atoms with Gasteiger partial charge in [-0.2, -0.15) is 0 Å². The Morgan fingerprint density at radius 1 is 0.918 bits per heavy atom. The molecule has 2 amide bonds. The Kier molecular flexibility index (Phi) is 7.37. The molecule has 5 aromatic rings. The zero-order chi connectivity index (χ0) is 33.2. The average molecular weight is 660 g/mol. The zero-order valence-corrected chi connectivity index (χ0v) is 27.7. The molecule has 2 bridgehead atoms. The molecular weight excluding hydrogens is 618 g/mol. The van der Waals surface area contributed by atoms with E-state index >= 15 is 0 Å². The highest BCUT2D eigenvalue weighted by Crippen LogP contribution is 2.41. The van der Waals surface area contributed by atoms with Crippen LogP contribution in [-0.4, -0.2) is 89.5 Å². The van der Waals surface area contributed by atoms with Gasteiger partial charge in [0, 0.05) is 68.2 Å². The molecule has 0 spiro atoms. The van der Waals surface area contributed by atoms with Gasteiger partial charge in [-0.15, -0.1) is 0 Å². The second-order valence-electron chi connectivity index (χ2n) is 14.4. The lowest BCUT2D eigenvalue weighted by Crippen LogP contribution is -2.41. The fraction of sp³-hybridized carbons (Fsp3) is 0.459. The van der Waals surface area contributed by atoms with E-state index in [0.29, 0.717) is 60.9 Å². The van der Waals surface area contributed by atoms with Crippen LogP contribution in [0.2, 0.25) is 0 Å². The largest absolute Gasteiger partial charge is 0.494 e. The molecule has 49 heavy (non-hydrogen) atoms. The number of rotatable bonds is 8. The van der Waals surface area contributed by atoms with Crippen LogP contribution < -0.4 is 10.5 Å². The van der Waals surface area contributed by atoms with E-state index in [1.807, 2.05) is 34.2 Å². The molecule has 1 aromatic carbocycles. The lowest BCUT2D eigenvalue weighted by Gasteiger charge is -2.32. The number of pyridine rings is 1. The Hall–Kier alpha value is -4.84. The number of amides is 2. The third-order valence-corrected chi connectivity index (χ3v) is 11.4. The van der Waals surface area contributed by atoms with Crippen molar-refractivity contribution in [2.45, 2.75) is 63.7 Å². The highest BCUT2D eigenvalue weighted by atomic mass is 16.5. The van der Waals surface area contributed by atoms with E-state index in [4.69, 9.17) is 20.4 Å². The maximum Gasteiger partial charge on any atom is 0.272 e. The summed E-state index contributed by atoms with van der Waals surface area (Å²) in [7, 11) is 1.67. The fourth-order valence-electron chi connectivity index (χ4n) is 8.50. The molecule has 12 heteroatoms. The maximum absolute atomic E-state index is 14.0. The highest BCUT2D eigenvalue weighted by Gasteiger charge is 2.47. The number of imidazole rings is 1. The van der Waals surface area contributed by atoms with Crippen LogP contribution in [0.25, 0.3) is 33.6 Å². The fourth-order valence-corrected chi connectivity index (χ4v) is 8.50. The van der Waals surface area contributed by atoms with Crippen molar-refractivity contribution in [2.24, 2.45) is 23.5 Å². The van der Waals surface area contributed by atoms with E-state index in [0.717, 1.165) is 65.8 Å². The van der Waals surface area contributed by atoms with Crippen molar-refractivity contribution in [3.8, 4) is 17.3 Å². The van der Waals surface area contributed by atoms with Crippen molar-refractivity contribution in [2.75, 3.05) is 26.7 Å². The number of ether oxygens (including phenoxy) is 1. The molecule has 4 aliphatic rings. The summed E-state index contributed by atoms with van der Waals surface area (Å²) < 4.78 is 10.7. The summed E-state index contributed by atoms with van der Waals surface area (Å²) in [5.74, 6) is 2.72. The first kappa shape index (κ1) is 30.2. The third-order valence-electron chi connectivity index (χ3n) is 11.4. The minimum absolute atomic E-state index is 0.00766. The van der Waals surface area contributed by atoms with Crippen molar-refractivity contribution in [1.82, 2.24) is 38.9 Å². The van der Waals surface area contributed by atoms with Gasteiger partial charge in [-0.1, -0.05) is 0 Å². The molecule has 4 fully saturated rings. The lowest BCUT2D eigenvalue weighted by molar-refractivity contribution is 0.0675. The quantitative estimate of drug-likeness (QED) is 0.259. The van der Waals surface area contributed by atoms with Gasteiger partial charge in [0.25, 0.3) is 11.8 Å². The van der Waals surface area contributed by atoms with Crippen molar-refractivity contribution in [3.05, 3.63) is 66.4 Å². The van der Waals surface area contributed by atoms with Gasteiger partial charge >= 0.3 is 0 Å². The number of likely N-dealkylation sites (tertiary alicyclic amines) is 2. The lowest BCUT2D eigenvalue weighted by atomic mass is 9.96. The topological polar surface area (TPSA) is 137 Å². The van der Waals surface area contributed by atoms with E-state index in [1.54, 1.807) is 19.4 Å². The maximum atomic E-state index is 14.0. The Labute approximate surface area is 284 Å². The Morgan fingerprint density at radius 3 is 2.45 bits per heavy atom. The van der Waals surface area contributed by atoms with E-state index in [-0.39, 0.29) is 23.9 Å². The first-order valence-electron chi connectivity index (χ1n) is 17.6. The molecular formula is C37H41N9O3. The van der Waals surface area contributed by atoms with Crippen LogP contribution in [0.3, 0.4) is 0 Å². The van der Waals surface area contributed by atoms with Crippen molar-refractivity contribution < 1.29 is 14.3 Å². The predicted octanol–water partition coefficient (Wildman–Crippen LogP) is 4.38. The molecule has 2 N–H and O–H groups in total. The summed E-state index contributed by atoms with van der Waals surface area (Å²) in [5, 5.41) is 1.08. The van der Waals surface area contributed by atoms with E-state index in [9.17, 15) is 9.59 Å². The summed E-state index contributed by atoms with van der Waals surface area (Å²) in [6.45, 7) is 3.60. The Morgan fingerprint density at radius 2 is 1.73 bits per heavy atom. The molecule has 0 radical (unpaired) electrons. The number of carbonyl (C=O) groups excluding carboxylic acids is 2. The molecule has 4 aromatic heterocycles. The molecule has 2 saturated heterocycles. The number of hydrogen-bond acceptors (Lipinski definition) is 8. The summed E-state index contributed by atoms with van der Waals surface area (Å²) in [4.78, 5) is 49.2. The Bertz CT molecular complexity index is 2060. The average Bonchev–Trinajstić information content (AvgIpc) is 3.51. The van der Waals surface area contributed by atoms with Gasteiger partial charge < -0.3 is 29.4 Å². The second kappa shape index (κ2) is 11.9. The third kappa shape index (κ3) is 5.24. The summed E-state index contributed by atoms with van der Waals surface area (Å²) in [6.07, 6.45) is 11.0. The SMILES string of the molecule is COc1cc(C(=O)N2CC3CCC2[C@@H]3N)cc2nc(-c3cc4cccnc4n3CC3CC3)n(CC3CCN(C(=O)c4ccncn4)CC3)c12. The van der Waals surface area contributed by atoms with Crippen LogP contribution in [0.4, 0.5) is 0 Å². The minimum Gasteiger partial charge on any atom is -0.494 e. The van der Waals surface area contributed by atoms with E-state index in [2.05, 4.69) is 31.2 Å². The number of nitrogens with zero attached hydrogens (tertiary/aromatic N) is 8. The molecule has 252 valence electrons. The van der Waals surface area contributed by atoms with Gasteiger partial charge in [0.1, 0.15) is 28.9 Å². The number of benzene rings is 1. The van der Waals surface area contributed by atoms with Crippen molar-refractivity contribution >= 4 is 33.9 Å². The number of carbonyl (C=O) groups is 2. The molecule has 9 rings (SSSR count). The summed E-state index contributed by atoms with van der Waals surface area (Å²) in [6, 6.07) is 11.9. The van der Waals surface area contributed by atoms with E-state index in [1.165, 1.54) is 19.2 Å². The highest BCUT2D eigenvalue weighted by molar-refractivity contribution is 6.00. The normalized spacial score (nSPS) is 22.4. The number of nitrogens with two attached hydrogens (primary N) is 1. The summed E-state index contributed by atoms with van der Waals surface area (Å²) >= 11 is 0. The second-order valence-corrected chi connectivity index (χ2v) is 14.4. The molecule has 2 aliphatic carbocycles. The molecule has 2 saturated carbocycles. The van der Waals surface area contributed by atoms with Crippen LogP contribution in [0.5, 0.6) is 5.75 Å². The molecule has 6 heterocycles. The van der Waals surface area contributed by atoms with Gasteiger partial charge in [-0.25, -0.2) is 19.9 Å². The standard InChI is InChI=1S/C37H41N9O3/c1-49-31-17-26(36(47)45-20-25-6-7-29(45)32(25)38)15-28-33(31)46(19-23-9-13-43(14-10-23)37(48)27-8-12-39-21-41-27)35(42-28)30-16-24-3-2-11-40-34(24)44(30)18-22-4-5-22/h2-3,8,11-12,15-17,21-23,25,29,32H,4-7,9-10,13-14,18-20,38H2,1H3/t25?,29?,32-/m1/s1. The molecule has 2 aliphatic heterocycles. The zero-order valence-electron chi connectivity index (χ0n) is 27.7.